The van der Waals surface area contributed by atoms with E-state index < -0.39 is 11.5 Å². The second-order valence-corrected chi connectivity index (χ2v) is 5.33. The fourth-order valence-corrected chi connectivity index (χ4v) is 3.09. The molecule has 98 valence electrons. The molecule has 2 unspecified atom stereocenters. The van der Waals surface area contributed by atoms with Gasteiger partial charge in [0, 0.05) is 0 Å². The zero-order valence-corrected chi connectivity index (χ0v) is 11.1. The molecule has 3 heteroatoms. The third-order valence-corrected chi connectivity index (χ3v) is 3.90. The summed E-state index contributed by atoms with van der Waals surface area (Å²) in [5.74, 6) is -0.802. The van der Waals surface area contributed by atoms with E-state index in [9.17, 15) is 9.90 Å². The summed E-state index contributed by atoms with van der Waals surface area (Å²) < 4.78 is 4.87. The van der Waals surface area contributed by atoms with Crippen LogP contribution in [0.2, 0.25) is 0 Å². The van der Waals surface area contributed by atoms with Crippen LogP contribution >= 0.6 is 0 Å². The van der Waals surface area contributed by atoms with Crippen LogP contribution in [0.3, 0.4) is 0 Å². The van der Waals surface area contributed by atoms with E-state index in [0.717, 1.165) is 17.5 Å². The fraction of sp³-hybridized carbons (Fsp3) is 0.533. The van der Waals surface area contributed by atoms with Crippen molar-refractivity contribution in [2.24, 2.45) is 11.8 Å². The van der Waals surface area contributed by atoms with Crippen LogP contribution in [0, 0.1) is 11.8 Å². The second kappa shape index (κ2) is 4.73. The molecule has 2 rings (SSSR count). The van der Waals surface area contributed by atoms with E-state index in [4.69, 9.17) is 4.74 Å². The number of carbonyl (C=O) groups is 1. The number of methoxy groups -OCH3 is 1. The number of esters is 1. The molecule has 0 spiro atoms. The molecule has 1 aromatic carbocycles. The molecule has 0 radical (unpaired) electrons. The lowest BCUT2D eigenvalue weighted by molar-refractivity contribution is -0.160. The third-order valence-electron chi connectivity index (χ3n) is 3.90. The van der Waals surface area contributed by atoms with Crippen molar-refractivity contribution in [2.45, 2.75) is 32.3 Å². The predicted molar refractivity (Wildman–Crippen MR) is 69.0 cm³/mol. The van der Waals surface area contributed by atoms with Gasteiger partial charge < -0.3 is 9.84 Å². The lowest BCUT2D eigenvalue weighted by atomic mass is 9.76. The number of aliphatic hydroxyl groups is 1. The van der Waals surface area contributed by atoms with Crippen molar-refractivity contribution < 1.29 is 14.6 Å². The molecular weight excluding hydrogens is 228 g/mol. The van der Waals surface area contributed by atoms with E-state index in [0.29, 0.717) is 6.42 Å². The molecular formula is C15H20O3. The van der Waals surface area contributed by atoms with Gasteiger partial charge in [-0.2, -0.15) is 0 Å². The minimum absolute atomic E-state index is 0.0357. The summed E-state index contributed by atoms with van der Waals surface area (Å²) in [5, 5.41) is 11.0. The Morgan fingerprint density at radius 1 is 1.39 bits per heavy atom. The highest BCUT2D eigenvalue weighted by molar-refractivity contribution is 5.75. The molecule has 0 aromatic heterocycles. The van der Waals surface area contributed by atoms with Crippen LogP contribution in [-0.4, -0.2) is 18.2 Å². The van der Waals surface area contributed by atoms with Gasteiger partial charge >= 0.3 is 5.97 Å². The Morgan fingerprint density at radius 2 is 2.06 bits per heavy atom. The highest BCUT2D eigenvalue weighted by atomic mass is 16.5. The van der Waals surface area contributed by atoms with Gasteiger partial charge in [0.1, 0.15) is 5.60 Å². The van der Waals surface area contributed by atoms with Gasteiger partial charge in [-0.1, -0.05) is 38.1 Å². The molecule has 0 saturated carbocycles. The summed E-state index contributed by atoms with van der Waals surface area (Å²) in [6.45, 7) is 3.89. The van der Waals surface area contributed by atoms with Crippen molar-refractivity contribution in [2.75, 3.05) is 7.11 Å². The number of hydrogen-bond acceptors (Lipinski definition) is 3. The summed E-state index contributed by atoms with van der Waals surface area (Å²) in [7, 11) is 1.38. The first-order valence-electron chi connectivity index (χ1n) is 6.39. The quantitative estimate of drug-likeness (QED) is 0.835. The number of aryl methyl sites for hydroxylation is 1. The van der Waals surface area contributed by atoms with Crippen LogP contribution in [0.1, 0.15) is 31.4 Å². The Morgan fingerprint density at radius 3 is 2.67 bits per heavy atom. The molecule has 1 aromatic rings. The highest BCUT2D eigenvalue weighted by Crippen LogP contribution is 2.45. The minimum Gasteiger partial charge on any atom is -0.469 e. The topological polar surface area (TPSA) is 46.5 Å². The van der Waals surface area contributed by atoms with Crippen molar-refractivity contribution >= 4 is 5.97 Å². The highest BCUT2D eigenvalue weighted by Gasteiger charge is 2.48. The fourth-order valence-electron chi connectivity index (χ4n) is 3.09. The Balaban J connectivity index is 2.45. The molecule has 0 aliphatic heterocycles. The third kappa shape index (κ3) is 1.93. The van der Waals surface area contributed by atoms with Crippen LogP contribution in [0.5, 0.6) is 0 Å². The largest absolute Gasteiger partial charge is 0.469 e. The smallest absolute Gasteiger partial charge is 0.312 e. The maximum absolute atomic E-state index is 12.0. The molecule has 2 atom stereocenters. The van der Waals surface area contributed by atoms with Gasteiger partial charge in [0.2, 0.25) is 0 Å². The SMILES string of the molecule is COC(=O)C(C(C)C)C1(O)CCc2ccccc21. The second-order valence-electron chi connectivity index (χ2n) is 5.33. The predicted octanol–water partition coefficient (Wildman–Crippen LogP) is 2.27. The normalized spacial score (nSPS) is 23.8. The summed E-state index contributed by atoms with van der Waals surface area (Å²) >= 11 is 0. The van der Waals surface area contributed by atoms with Crippen LogP contribution in [0.15, 0.2) is 24.3 Å². The molecule has 1 N–H and O–H groups in total. The van der Waals surface area contributed by atoms with Crippen molar-refractivity contribution in [1.29, 1.82) is 0 Å². The van der Waals surface area contributed by atoms with Gasteiger partial charge in [-0.15, -0.1) is 0 Å². The zero-order chi connectivity index (χ0) is 13.3. The standard InChI is InChI=1S/C15H20O3/c1-10(2)13(14(16)18-3)15(17)9-8-11-6-4-5-7-12(11)15/h4-7,10,13,17H,8-9H2,1-3H3. The van der Waals surface area contributed by atoms with Gasteiger partial charge in [0.25, 0.3) is 0 Å². The number of carbonyl (C=O) groups excluding carboxylic acids is 1. The number of fused-ring (bicyclic) bond motifs is 1. The Labute approximate surface area is 108 Å². The van der Waals surface area contributed by atoms with E-state index in [1.807, 2.05) is 38.1 Å². The number of hydrogen-bond donors (Lipinski definition) is 1. The number of rotatable bonds is 3. The molecule has 1 aliphatic rings. The van der Waals surface area contributed by atoms with Crippen molar-refractivity contribution in [1.82, 2.24) is 0 Å². The van der Waals surface area contributed by atoms with Crippen molar-refractivity contribution in [3.8, 4) is 0 Å². The Kier molecular flexibility index (Phi) is 3.44. The molecule has 0 amide bonds. The van der Waals surface area contributed by atoms with Gasteiger partial charge in [-0.3, -0.25) is 4.79 Å². The molecule has 0 fully saturated rings. The van der Waals surface area contributed by atoms with Crippen LogP contribution in [0.4, 0.5) is 0 Å². The van der Waals surface area contributed by atoms with Crippen LogP contribution < -0.4 is 0 Å². The monoisotopic (exact) mass is 248 g/mol. The van der Waals surface area contributed by atoms with E-state index in [1.165, 1.54) is 7.11 Å². The molecule has 18 heavy (non-hydrogen) atoms. The number of benzene rings is 1. The number of ether oxygens (including phenoxy) is 1. The van der Waals surface area contributed by atoms with Gasteiger partial charge in [-0.05, 0) is 29.9 Å². The maximum atomic E-state index is 12.0. The van der Waals surface area contributed by atoms with E-state index in [-0.39, 0.29) is 11.9 Å². The molecule has 0 bridgehead atoms. The van der Waals surface area contributed by atoms with E-state index >= 15 is 0 Å². The zero-order valence-electron chi connectivity index (χ0n) is 11.1. The summed E-state index contributed by atoms with van der Waals surface area (Å²) in [5.41, 5.74) is 0.932. The van der Waals surface area contributed by atoms with E-state index in [2.05, 4.69) is 0 Å². The van der Waals surface area contributed by atoms with Gasteiger partial charge in [0.15, 0.2) is 0 Å². The molecule has 0 heterocycles. The first kappa shape index (κ1) is 13.1. The van der Waals surface area contributed by atoms with Crippen LogP contribution in [0.25, 0.3) is 0 Å². The first-order valence-corrected chi connectivity index (χ1v) is 6.39. The Hall–Kier alpha value is -1.35. The van der Waals surface area contributed by atoms with Crippen molar-refractivity contribution in [3.05, 3.63) is 35.4 Å². The lowest BCUT2D eigenvalue weighted by Gasteiger charge is -2.34. The molecule has 3 nitrogen and oxygen atoms in total. The lowest BCUT2D eigenvalue weighted by Crippen LogP contribution is -2.42. The summed E-state index contributed by atoms with van der Waals surface area (Å²) in [6.07, 6.45) is 1.40. The minimum atomic E-state index is -1.09. The van der Waals surface area contributed by atoms with Gasteiger partial charge in [0.05, 0.1) is 13.0 Å². The molecule has 1 aliphatic carbocycles. The molecule has 0 saturated heterocycles. The summed E-state index contributed by atoms with van der Waals surface area (Å²) in [6, 6.07) is 7.81. The summed E-state index contributed by atoms with van der Waals surface area (Å²) in [4.78, 5) is 12.0. The van der Waals surface area contributed by atoms with Gasteiger partial charge in [-0.25, -0.2) is 0 Å². The average molecular weight is 248 g/mol. The average Bonchev–Trinajstić information content (AvgIpc) is 2.68. The Bertz CT molecular complexity index is 453. The maximum Gasteiger partial charge on any atom is 0.312 e. The van der Waals surface area contributed by atoms with Crippen molar-refractivity contribution in [3.63, 3.8) is 0 Å². The first-order chi connectivity index (χ1) is 8.50. The van der Waals surface area contributed by atoms with Crippen LogP contribution in [-0.2, 0) is 21.6 Å². The van der Waals surface area contributed by atoms with E-state index in [1.54, 1.807) is 0 Å².